The van der Waals surface area contributed by atoms with Crippen LogP contribution in [0.5, 0.6) is 11.5 Å². The standard InChI is InChI=1S/C26H34O5/c1-24(2)19-4-3-17(27)8-18(19)22-20(28)6-16(7-21(22)31-24)25-9-14-5-15(10-25)12-26(11-14,13-25)23(29)30/h6-7,14-15,17-19,27-28H,3-5,8-13H2,1-2H3,(H,29,30)/t14?,15?,17-,18-,19-,25?,26?/m1/s1. The molecule has 1 aromatic rings. The Hall–Kier alpha value is -1.75. The lowest BCUT2D eigenvalue weighted by molar-refractivity contribution is -0.167. The first-order valence-corrected chi connectivity index (χ1v) is 12.1. The van der Waals surface area contributed by atoms with Gasteiger partial charge in [0.25, 0.3) is 0 Å². The fourth-order valence-electron chi connectivity index (χ4n) is 8.88. The Morgan fingerprint density at radius 1 is 1.06 bits per heavy atom. The van der Waals surface area contributed by atoms with Crippen molar-refractivity contribution in [2.75, 3.05) is 0 Å². The van der Waals surface area contributed by atoms with Gasteiger partial charge < -0.3 is 20.1 Å². The average Bonchev–Trinajstić information content (AvgIpc) is 2.65. The third-order valence-corrected chi connectivity index (χ3v) is 9.71. The molecular formula is C26H34O5. The fourth-order valence-corrected chi connectivity index (χ4v) is 8.88. The second-order valence-corrected chi connectivity index (χ2v) is 12.1. The lowest BCUT2D eigenvalue weighted by Crippen LogP contribution is -2.56. The second kappa shape index (κ2) is 6.18. The van der Waals surface area contributed by atoms with Gasteiger partial charge in [0.1, 0.15) is 17.1 Å². The first-order chi connectivity index (χ1) is 14.6. The fraction of sp³-hybridized carbons (Fsp3) is 0.731. The molecule has 5 saturated carbocycles. The number of phenols is 1. The summed E-state index contributed by atoms with van der Waals surface area (Å²) in [5.74, 6) is 1.68. The third kappa shape index (κ3) is 2.74. The third-order valence-electron chi connectivity index (χ3n) is 9.71. The van der Waals surface area contributed by atoms with E-state index in [2.05, 4.69) is 19.9 Å². The number of hydrogen-bond acceptors (Lipinski definition) is 4. The molecule has 5 heteroatoms. The molecule has 7 rings (SSSR count). The summed E-state index contributed by atoms with van der Waals surface area (Å²) in [6.07, 6.45) is 7.49. The van der Waals surface area contributed by atoms with Crippen LogP contribution in [-0.2, 0) is 10.2 Å². The van der Waals surface area contributed by atoms with Crippen LogP contribution < -0.4 is 4.74 Å². The highest BCUT2D eigenvalue weighted by Gasteiger charge is 2.61. The minimum absolute atomic E-state index is 0.0956. The van der Waals surface area contributed by atoms with Gasteiger partial charge in [-0.15, -0.1) is 0 Å². The summed E-state index contributed by atoms with van der Waals surface area (Å²) in [6, 6.07) is 4.04. The number of carboxylic acids is 1. The Morgan fingerprint density at radius 2 is 1.77 bits per heavy atom. The molecule has 0 aromatic heterocycles. The van der Waals surface area contributed by atoms with Gasteiger partial charge in [0, 0.05) is 17.4 Å². The number of fused-ring (bicyclic) bond motifs is 3. The SMILES string of the molecule is CC1(C)Oc2cc(C34CC5CC(CC(C(=O)O)(C5)C3)C4)cc(O)c2[C@@H]2C[C@H](O)CC[C@H]21. The number of rotatable bonds is 2. The summed E-state index contributed by atoms with van der Waals surface area (Å²) < 4.78 is 6.52. The largest absolute Gasteiger partial charge is 0.508 e. The molecule has 0 spiro atoms. The Bertz CT molecular complexity index is 935. The number of ether oxygens (including phenoxy) is 1. The smallest absolute Gasteiger partial charge is 0.309 e. The number of aromatic hydroxyl groups is 1. The van der Waals surface area contributed by atoms with Crippen molar-refractivity contribution >= 4 is 5.97 Å². The molecule has 168 valence electrons. The molecule has 4 bridgehead atoms. The number of carbonyl (C=O) groups is 1. The predicted molar refractivity (Wildman–Crippen MR) is 115 cm³/mol. The number of aliphatic hydroxyl groups excluding tert-OH is 1. The monoisotopic (exact) mass is 426 g/mol. The number of hydrogen-bond donors (Lipinski definition) is 3. The van der Waals surface area contributed by atoms with Crippen LogP contribution in [0.2, 0.25) is 0 Å². The zero-order valence-corrected chi connectivity index (χ0v) is 18.6. The molecule has 2 unspecified atom stereocenters. The average molecular weight is 427 g/mol. The first kappa shape index (κ1) is 19.9. The zero-order chi connectivity index (χ0) is 21.8. The van der Waals surface area contributed by atoms with Gasteiger partial charge >= 0.3 is 5.97 Å². The van der Waals surface area contributed by atoms with E-state index >= 15 is 0 Å². The number of benzene rings is 1. The summed E-state index contributed by atoms with van der Waals surface area (Å²) in [7, 11) is 0. The van der Waals surface area contributed by atoms with Crippen molar-refractivity contribution in [3.63, 3.8) is 0 Å². The van der Waals surface area contributed by atoms with E-state index in [1.807, 2.05) is 6.07 Å². The van der Waals surface area contributed by atoms with Crippen LogP contribution in [0, 0.1) is 23.2 Å². The van der Waals surface area contributed by atoms with Crippen molar-refractivity contribution < 1.29 is 24.9 Å². The molecular weight excluding hydrogens is 392 g/mol. The van der Waals surface area contributed by atoms with E-state index in [4.69, 9.17) is 4.74 Å². The normalized spacial score (nSPS) is 44.3. The highest BCUT2D eigenvalue weighted by molar-refractivity contribution is 5.76. The number of phenolic OH excluding ortho intramolecular Hbond substituents is 1. The topological polar surface area (TPSA) is 87.0 Å². The molecule has 5 aliphatic carbocycles. The van der Waals surface area contributed by atoms with Gasteiger partial charge in [-0.3, -0.25) is 4.79 Å². The van der Waals surface area contributed by atoms with Gasteiger partial charge in [-0.05, 0) is 107 Å². The summed E-state index contributed by atoms with van der Waals surface area (Å²) in [5, 5.41) is 31.7. The number of aliphatic carboxylic acids is 1. The van der Waals surface area contributed by atoms with E-state index in [9.17, 15) is 20.1 Å². The molecule has 5 nitrogen and oxygen atoms in total. The maximum absolute atomic E-state index is 12.3. The van der Waals surface area contributed by atoms with Crippen molar-refractivity contribution in [3.05, 3.63) is 23.3 Å². The molecule has 3 N–H and O–H groups in total. The van der Waals surface area contributed by atoms with E-state index in [-0.39, 0.29) is 34.7 Å². The summed E-state index contributed by atoms with van der Waals surface area (Å²) in [5.41, 5.74) is 0.783. The van der Waals surface area contributed by atoms with Gasteiger partial charge in [-0.1, -0.05) is 0 Å². The van der Waals surface area contributed by atoms with Crippen molar-refractivity contribution in [2.45, 2.75) is 94.7 Å². The number of aliphatic hydroxyl groups is 1. The molecule has 31 heavy (non-hydrogen) atoms. The maximum Gasteiger partial charge on any atom is 0.309 e. The van der Waals surface area contributed by atoms with Crippen LogP contribution in [0.15, 0.2) is 12.1 Å². The molecule has 5 atom stereocenters. The minimum Gasteiger partial charge on any atom is -0.508 e. The van der Waals surface area contributed by atoms with Crippen LogP contribution in [0.25, 0.3) is 0 Å². The zero-order valence-electron chi connectivity index (χ0n) is 18.6. The quantitative estimate of drug-likeness (QED) is 0.636. The van der Waals surface area contributed by atoms with Gasteiger partial charge in [-0.2, -0.15) is 0 Å². The molecule has 1 aliphatic heterocycles. The molecule has 0 saturated heterocycles. The van der Waals surface area contributed by atoms with Crippen molar-refractivity contribution in [1.29, 1.82) is 0 Å². The van der Waals surface area contributed by atoms with E-state index in [1.54, 1.807) is 0 Å². The van der Waals surface area contributed by atoms with Gasteiger partial charge in [-0.25, -0.2) is 0 Å². The van der Waals surface area contributed by atoms with Gasteiger partial charge in [0.15, 0.2) is 0 Å². The highest BCUT2D eigenvalue weighted by Crippen LogP contribution is 2.67. The van der Waals surface area contributed by atoms with Gasteiger partial charge in [0.2, 0.25) is 0 Å². The maximum atomic E-state index is 12.3. The van der Waals surface area contributed by atoms with Crippen molar-refractivity contribution in [1.82, 2.24) is 0 Å². The minimum atomic E-state index is -0.635. The molecule has 6 aliphatic rings. The molecule has 0 radical (unpaired) electrons. The Morgan fingerprint density at radius 3 is 2.45 bits per heavy atom. The summed E-state index contributed by atoms with van der Waals surface area (Å²) in [4.78, 5) is 12.3. The van der Waals surface area contributed by atoms with Crippen molar-refractivity contribution in [3.8, 4) is 11.5 Å². The van der Waals surface area contributed by atoms with E-state index < -0.39 is 11.4 Å². The molecule has 1 aromatic carbocycles. The Kier molecular flexibility index (Phi) is 3.97. The van der Waals surface area contributed by atoms with Crippen molar-refractivity contribution in [2.24, 2.45) is 23.2 Å². The number of carboxylic acid groups (broad SMARTS) is 1. The second-order valence-electron chi connectivity index (χ2n) is 12.1. The predicted octanol–water partition coefficient (Wildman–Crippen LogP) is 4.73. The van der Waals surface area contributed by atoms with Crippen LogP contribution in [0.1, 0.15) is 88.7 Å². The Labute approximate surface area is 183 Å². The van der Waals surface area contributed by atoms with Crippen LogP contribution >= 0.6 is 0 Å². The van der Waals surface area contributed by atoms with Crippen LogP contribution in [0.4, 0.5) is 0 Å². The summed E-state index contributed by atoms with van der Waals surface area (Å²) >= 11 is 0. The van der Waals surface area contributed by atoms with E-state index in [0.29, 0.717) is 24.7 Å². The van der Waals surface area contributed by atoms with Crippen LogP contribution in [-0.4, -0.2) is 33.0 Å². The summed E-state index contributed by atoms with van der Waals surface area (Å²) in [6.45, 7) is 4.25. The highest BCUT2D eigenvalue weighted by atomic mass is 16.5. The molecule has 1 heterocycles. The Balaban J connectivity index is 1.45. The van der Waals surface area contributed by atoms with E-state index in [0.717, 1.165) is 61.8 Å². The lowest BCUT2D eigenvalue weighted by Gasteiger charge is -2.61. The van der Waals surface area contributed by atoms with Crippen LogP contribution in [0.3, 0.4) is 0 Å². The molecule has 0 amide bonds. The van der Waals surface area contributed by atoms with E-state index in [1.165, 1.54) is 0 Å². The lowest BCUT2D eigenvalue weighted by atomic mass is 9.43. The molecule has 5 fully saturated rings. The first-order valence-electron chi connectivity index (χ1n) is 12.1. The van der Waals surface area contributed by atoms with Gasteiger partial charge in [0.05, 0.1) is 11.5 Å².